The van der Waals surface area contributed by atoms with E-state index in [-0.39, 0.29) is 30.2 Å². The average molecular weight is 564 g/mol. The van der Waals surface area contributed by atoms with Gasteiger partial charge in [0, 0.05) is 18.2 Å². The van der Waals surface area contributed by atoms with Crippen LogP contribution in [-0.4, -0.2) is 39.6 Å². The fourth-order valence-electron chi connectivity index (χ4n) is 4.52. The number of benzene rings is 3. The quantitative estimate of drug-likeness (QED) is 0.218. The third-order valence-corrected chi connectivity index (χ3v) is 7.07. The molecule has 1 atom stereocenters. The first-order chi connectivity index (χ1) is 18.8. The van der Waals surface area contributed by atoms with E-state index >= 15 is 0 Å². The van der Waals surface area contributed by atoms with Crippen molar-refractivity contribution in [1.29, 1.82) is 0 Å². The van der Waals surface area contributed by atoms with Crippen LogP contribution in [0.3, 0.4) is 0 Å². The first kappa shape index (κ1) is 28.4. The lowest BCUT2D eigenvalue weighted by Gasteiger charge is -2.28. The van der Waals surface area contributed by atoms with Crippen LogP contribution in [0.4, 0.5) is 5.82 Å². The number of carbonyl (C=O) groups excluding carboxylic acids is 2. The summed E-state index contributed by atoms with van der Waals surface area (Å²) in [7, 11) is 0. The van der Waals surface area contributed by atoms with Crippen LogP contribution < -0.4 is 5.32 Å². The molecule has 4 aromatic rings. The van der Waals surface area contributed by atoms with Crippen LogP contribution in [0.5, 0.6) is 0 Å². The zero-order valence-electron chi connectivity index (χ0n) is 22.3. The summed E-state index contributed by atoms with van der Waals surface area (Å²) in [5.41, 5.74) is 3.18. The Hall–Kier alpha value is -3.61. The summed E-state index contributed by atoms with van der Waals surface area (Å²) in [6.07, 6.45) is 0.642. The summed E-state index contributed by atoms with van der Waals surface area (Å²) in [6.45, 7) is 6.45. The highest BCUT2D eigenvalue weighted by molar-refractivity contribution is 6.42. The van der Waals surface area contributed by atoms with Gasteiger partial charge in [-0.15, -0.1) is 0 Å². The molecule has 1 N–H and O–H groups in total. The molecule has 0 aliphatic carbocycles. The minimum atomic E-state index is -0.316. The van der Waals surface area contributed by atoms with Crippen molar-refractivity contribution in [3.63, 3.8) is 0 Å². The lowest BCUT2D eigenvalue weighted by Crippen LogP contribution is -2.42. The van der Waals surface area contributed by atoms with Gasteiger partial charge >= 0.3 is 0 Å². The van der Waals surface area contributed by atoms with Crippen molar-refractivity contribution in [2.24, 2.45) is 5.92 Å². The first-order valence-corrected chi connectivity index (χ1v) is 13.8. The Bertz CT molecular complexity index is 1420. The van der Waals surface area contributed by atoms with Crippen LogP contribution in [0.1, 0.15) is 38.7 Å². The van der Waals surface area contributed by atoms with Crippen molar-refractivity contribution in [3.8, 4) is 16.9 Å². The van der Waals surface area contributed by atoms with Gasteiger partial charge < -0.3 is 10.2 Å². The molecule has 0 spiro atoms. The molecule has 202 valence electrons. The molecular weight excluding hydrogens is 531 g/mol. The van der Waals surface area contributed by atoms with E-state index < -0.39 is 0 Å². The van der Waals surface area contributed by atoms with Gasteiger partial charge in [-0.1, -0.05) is 105 Å². The van der Waals surface area contributed by atoms with E-state index in [9.17, 15) is 9.59 Å². The molecule has 6 nitrogen and oxygen atoms in total. The molecular formula is C31H32Cl2N4O2. The molecule has 0 saturated heterocycles. The number of aromatic nitrogens is 2. The molecule has 39 heavy (non-hydrogen) atoms. The minimum absolute atomic E-state index is 0.0597. The molecule has 1 aromatic heterocycles. The van der Waals surface area contributed by atoms with Crippen LogP contribution in [0.25, 0.3) is 16.9 Å². The number of hydrogen-bond donors (Lipinski definition) is 1. The Morgan fingerprint density at radius 3 is 2.21 bits per heavy atom. The normalized spacial score (nSPS) is 11.8. The molecule has 0 bridgehead atoms. The van der Waals surface area contributed by atoms with Crippen LogP contribution in [0, 0.1) is 5.92 Å². The van der Waals surface area contributed by atoms with Gasteiger partial charge in [-0.2, -0.15) is 5.10 Å². The molecule has 2 amide bonds. The minimum Gasteiger partial charge on any atom is -0.333 e. The van der Waals surface area contributed by atoms with Crippen LogP contribution >= 0.6 is 23.2 Å². The van der Waals surface area contributed by atoms with E-state index in [0.29, 0.717) is 40.2 Å². The number of hydrogen-bond acceptors (Lipinski definition) is 3. The zero-order valence-corrected chi connectivity index (χ0v) is 23.8. The van der Waals surface area contributed by atoms with Crippen molar-refractivity contribution >= 4 is 40.8 Å². The van der Waals surface area contributed by atoms with E-state index in [1.165, 1.54) is 0 Å². The van der Waals surface area contributed by atoms with Gasteiger partial charge in [-0.05, 0) is 36.1 Å². The Kier molecular flexibility index (Phi) is 9.44. The highest BCUT2D eigenvalue weighted by Crippen LogP contribution is 2.29. The van der Waals surface area contributed by atoms with Gasteiger partial charge in [-0.3, -0.25) is 9.59 Å². The van der Waals surface area contributed by atoms with Crippen LogP contribution in [0.2, 0.25) is 10.0 Å². The first-order valence-electron chi connectivity index (χ1n) is 13.0. The third-order valence-electron chi connectivity index (χ3n) is 6.33. The van der Waals surface area contributed by atoms with Gasteiger partial charge in [0.15, 0.2) is 0 Å². The van der Waals surface area contributed by atoms with E-state index in [2.05, 4.69) is 5.32 Å². The summed E-state index contributed by atoms with van der Waals surface area (Å²) >= 11 is 12.4. The smallest absolute Gasteiger partial charge is 0.245 e. The Balaban J connectivity index is 1.62. The Labute approximate surface area is 239 Å². The molecule has 0 radical (unpaired) electrons. The van der Waals surface area contributed by atoms with Crippen molar-refractivity contribution in [2.75, 3.05) is 18.4 Å². The number of rotatable bonds is 10. The molecule has 0 saturated carbocycles. The maximum Gasteiger partial charge on any atom is 0.245 e. The number of anilines is 1. The molecule has 0 aliphatic rings. The lowest BCUT2D eigenvalue weighted by molar-refractivity contribution is -0.136. The standard InChI is InChI=1S/C31H32Cl2N4O2/c1-4-25(22-11-7-5-8-12-22)31(39)36(19-21(2)3)20-30(38)34-29-18-28(23-13-9-6-10-14-23)35-37(29)24-15-16-26(32)27(33)17-24/h5-18,21,25H,4,19-20H2,1-3H3,(H,34,38). The molecule has 1 unspecified atom stereocenters. The Morgan fingerprint density at radius 2 is 1.59 bits per heavy atom. The summed E-state index contributed by atoms with van der Waals surface area (Å²) in [4.78, 5) is 28.7. The Morgan fingerprint density at radius 1 is 0.923 bits per heavy atom. The van der Waals surface area contributed by atoms with Gasteiger partial charge in [0.05, 0.1) is 33.9 Å². The monoisotopic (exact) mass is 562 g/mol. The van der Waals surface area contributed by atoms with E-state index in [4.69, 9.17) is 28.3 Å². The molecule has 4 rings (SSSR count). The topological polar surface area (TPSA) is 67.2 Å². The highest BCUT2D eigenvalue weighted by atomic mass is 35.5. The number of halogens is 2. The van der Waals surface area contributed by atoms with Crippen molar-refractivity contribution in [2.45, 2.75) is 33.1 Å². The predicted molar refractivity (Wildman–Crippen MR) is 159 cm³/mol. The SMILES string of the molecule is CCC(C(=O)N(CC(=O)Nc1cc(-c2ccccc2)nn1-c1ccc(Cl)c(Cl)c1)CC(C)C)c1ccccc1. The number of nitrogens with zero attached hydrogens (tertiary/aromatic N) is 3. The van der Waals surface area contributed by atoms with Gasteiger partial charge in [0.25, 0.3) is 0 Å². The van der Waals surface area contributed by atoms with E-state index in [1.807, 2.05) is 87.5 Å². The maximum atomic E-state index is 13.6. The zero-order chi connectivity index (χ0) is 27.9. The fraction of sp³-hybridized carbons (Fsp3) is 0.258. The summed E-state index contributed by atoms with van der Waals surface area (Å²) in [5, 5.41) is 8.52. The summed E-state index contributed by atoms with van der Waals surface area (Å²) < 4.78 is 1.62. The number of nitrogens with one attached hydrogen (secondary N) is 1. The molecule has 1 heterocycles. The van der Waals surface area contributed by atoms with Gasteiger partial charge in [0.2, 0.25) is 11.8 Å². The molecule has 3 aromatic carbocycles. The molecule has 0 fully saturated rings. The van der Waals surface area contributed by atoms with Crippen LogP contribution in [0.15, 0.2) is 84.9 Å². The van der Waals surface area contributed by atoms with Crippen molar-refractivity contribution < 1.29 is 9.59 Å². The predicted octanol–water partition coefficient (Wildman–Crippen LogP) is 7.46. The number of carbonyl (C=O) groups is 2. The maximum absolute atomic E-state index is 13.6. The largest absolute Gasteiger partial charge is 0.333 e. The van der Waals surface area contributed by atoms with Crippen molar-refractivity contribution in [3.05, 3.63) is 101 Å². The van der Waals surface area contributed by atoms with E-state index in [1.54, 1.807) is 27.8 Å². The fourth-order valence-corrected chi connectivity index (χ4v) is 4.81. The molecule has 8 heteroatoms. The second-order valence-corrected chi connectivity index (χ2v) is 10.6. The number of amides is 2. The van der Waals surface area contributed by atoms with Gasteiger partial charge in [-0.25, -0.2) is 4.68 Å². The third kappa shape index (κ3) is 7.08. The van der Waals surface area contributed by atoms with E-state index in [0.717, 1.165) is 11.1 Å². The van der Waals surface area contributed by atoms with Crippen LogP contribution in [-0.2, 0) is 9.59 Å². The molecule has 0 aliphatic heterocycles. The van der Waals surface area contributed by atoms with Gasteiger partial charge in [0.1, 0.15) is 5.82 Å². The second kappa shape index (κ2) is 13.0. The highest BCUT2D eigenvalue weighted by Gasteiger charge is 2.27. The summed E-state index contributed by atoms with van der Waals surface area (Å²) in [6, 6.07) is 26.4. The lowest BCUT2D eigenvalue weighted by atomic mass is 9.94. The average Bonchev–Trinajstić information content (AvgIpc) is 3.34. The van der Waals surface area contributed by atoms with Crippen molar-refractivity contribution in [1.82, 2.24) is 14.7 Å². The summed E-state index contributed by atoms with van der Waals surface area (Å²) in [5.74, 6) is -0.0295. The second-order valence-electron chi connectivity index (χ2n) is 9.82.